The van der Waals surface area contributed by atoms with Crippen LogP contribution in [0.1, 0.15) is 75.5 Å². The Hall–Kier alpha value is -2.47. The first-order valence-corrected chi connectivity index (χ1v) is 11.9. The van der Waals surface area contributed by atoms with Gasteiger partial charge in [-0.15, -0.1) is 16.8 Å². The first-order valence-electron chi connectivity index (χ1n) is 11.9. The summed E-state index contributed by atoms with van der Waals surface area (Å²) in [5.41, 5.74) is 2.34. The van der Waals surface area contributed by atoms with Crippen molar-refractivity contribution in [2.24, 2.45) is 0 Å². The van der Waals surface area contributed by atoms with E-state index >= 15 is 0 Å². The number of nitrogens with one attached hydrogen (secondary N) is 1. The molecule has 2 aromatic rings. The van der Waals surface area contributed by atoms with Gasteiger partial charge in [0.1, 0.15) is 17.4 Å². The van der Waals surface area contributed by atoms with Crippen molar-refractivity contribution in [3.63, 3.8) is 0 Å². The van der Waals surface area contributed by atoms with Crippen LogP contribution in [0.15, 0.2) is 30.9 Å². The van der Waals surface area contributed by atoms with Crippen LogP contribution in [0.4, 0.5) is 0 Å². The number of rotatable bonds is 8. The van der Waals surface area contributed by atoms with E-state index in [1.165, 1.54) is 44.3 Å². The van der Waals surface area contributed by atoms with Gasteiger partial charge in [-0.05, 0) is 102 Å². The van der Waals surface area contributed by atoms with Crippen LogP contribution in [0.3, 0.4) is 0 Å². The fourth-order valence-electron chi connectivity index (χ4n) is 4.21. The molecule has 178 valence electrons. The molecule has 1 aromatic carbocycles. The molecular formula is C26H43N5O. The Bertz CT molecular complexity index is 802. The summed E-state index contributed by atoms with van der Waals surface area (Å²) in [6, 6.07) is 6.22. The SMILES string of the molecule is C=CCCCCN1CCCC(c2nnc(C)n2-c2ccc(OC)cc2C)CC1.C=N.CC. The zero-order valence-electron chi connectivity index (χ0n) is 20.9. The van der Waals surface area contributed by atoms with Crippen molar-refractivity contribution in [3.8, 4) is 11.4 Å². The van der Waals surface area contributed by atoms with Crippen LogP contribution in [0, 0.1) is 19.3 Å². The lowest BCUT2D eigenvalue weighted by molar-refractivity contribution is 0.278. The Morgan fingerprint density at radius 1 is 1.12 bits per heavy atom. The van der Waals surface area contributed by atoms with Crippen LogP contribution >= 0.6 is 0 Å². The highest BCUT2D eigenvalue weighted by Crippen LogP contribution is 2.31. The molecule has 1 unspecified atom stereocenters. The molecule has 1 aliphatic heterocycles. The predicted molar refractivity (Wildman–Crippen MR) is 136 cm³/mol. The van der Waals surface area contributed by atoms with Gasteiger partial charge in [-0.3, -0.25) is 4.57 Å². The molecule has 1 N–H and O–H groups in total. The summed E-state index contributed by atoms with van der Waals surface area (Å²) in [7, 11) is 1.71. The standard InChI is InChI=1S/C23H34N4O.C2H6.CH3N/c1-5-6-7-8-14-26-15-9-10-20(13-16-26)23-25-24-19(3)27(23)22-12-11-21(28-4)17-18(22)2;2*1-2/h5,11-12,17,20H,1,6-10,13-16H2,2-4H3;1-2H3;2H,1H2. The molecule has 1 saturated heterocycles. The van der Waals surface area contributed by atoms with Crippen LogP contribution < -0.4 is 4.74 Å². The Morgan fingerprint density at radius 2 is 1.88 bits per heavy atom. The van der Waals surface area contributed by atoms with Gasteiger partial charge in [0.25, 0.3) is 0 Å². The highest BCUT2D eigenvalue weighted by Gasteiger charge is 2.24. The second-order valence-corrected chi connectivity index (χ2v) is 7.85. The second-order valence-electron chi connectivity index (χ2n) is 7.85. The maximum absolute atomic E-state index is 5.50. The molecule has 3 rings (SSSR count). The number of unbranched alkanes of at least 4 members (excludes halogenated alkanes) is 2. The van der Waals surface area contributed by atoms with Gasteiger partial charge in [-0.25, -0.2) is 0 Å². The molecule has 1 aromatic heterocycles. The summed E-state index contributed by atoms with van der Waals surface area (Å²) >= 11 is 0. The van der Waals surface area contributed by atoms with Crippen LogP contribution in [-0.4, -0.2) is 53.1 Å². The Labute approximate surface area is 195 Å². The van der Waals surface area contributed by atoms with Crippen molar-refractivity contribution in [2.45, 2.75) is 72.1 Å². The minimum absolute atomic E-state index is 0.459. The van der Waals surface area contributed by atoms with Gasteiger partial charge in [0.05, 0.1) is 12.8 Å². The van der Waals surface area contributed by atoms with Gasteiger partial charge in [0, 0.05) is 5.92 Å². The zero-order valence-corrected chi connectivity index (χ0v) is 20.9. The molecule has 1 aliphatic rings. The van der Waals surface area contributed by atoms with Gasteiger partial charge in [-0.1, -0.05) is 19.9 Å². The second kappa shape index (κ2) is 15.4. The average Bonchev–Trinajstić information content (AvgIpc) is 3.05. The summed E-state index contributed by atoms with van der Waals surface area (Å²) in [6.07, 6.45) is 9.20. The highest BCUT2D eigenvalue weighted by atomic mass is 16.5. The van der Waals surface area contributed by atoms with Crippen LogP contribution in [0.2, 0.25) is 0 Å². The van der Waals surface area contributed by atoms with Crippen molar-refractivity contribution in [2.75, 3.05) is 26.7 Å². The molecule has 0 bridgehead atoms. The minimum Gasteiger partial charge on any atom is -0.497 e. The molecule has 1 atom stereocenters. The minimum atomic E-state index is 0.459. The quantitative estimate of drug-likeness (QED) is 0.305. The third-order valence-corrected chi connectivity index (χ3v) is 5.81. The molecular weight excluding hydrogens is 398 g/mol. The predicted octanol–water partition coefficient (Wildman–Crippen LogP) is 6.11. The smallest absolute Gasteiger partial charge is 0.140 e. The number of methoxy groups -OCH3 is 1. The van der Waals surface area contributed by atoms with E-state index < -0.39 is 0 Å². The van der Waals surface area contributed by atoms with E-state index in [0.717, 1.165) is 42.5 Å². The molecule has 1 fully saturated rings. The zero-order chi connectivity index (χ0) is 23.9. The van der Waals surface area contributed by atoms with E-state index in [1.54, 1.807) is 7.11 Å². The summed E-state index contributed by atoms with van der Waals surface area (Å²) < 4.78 is 7.62. The number of benzene rings is 1. The Kier molecular flexibility index (Phi) is 13.2. The first-order chi connectivity index (χ1) is 15.6. The molecule has 6 heteroatoms. The largest absolute Gasteiger partial charge is 0.497 e. The number of hydrogen-bond donors (Lipinski definition) is 1. The number of ether oxygens (including phenoxy) is 1. The fourth-order valence-corrected chi connectivity index (χ4v) is 4.21. The monoisotopic (exact) mass is 441 g/mol. The summed E-state index contributed by atoms with van der Waals surface area (Å²) in [6.45, 7) is 18.0. The molecule has 2 heterocycles. The summed E-state index contributed by atoms with van der Waals surface area (Å²) in [5.74, 6) is 3.41. The number of aryl methyl sites for hydroxylation is 2. The van der Waals surface area contributed by atoms with Crippen LogP contribution in [0.5, 0.6) is 5.75 Å². The van der Waals surface area contributed by atoms with E-state index in [4.69, 9.17) is 10.1 Å². The lowest BCUT2D eigenvalue weighted by atomic mass is 9.99. The highest BCUT2D eigenvalue weighted by molar-refractivity contribution is 5.46. The molecule has 0 radical (unpaired) electrons. The van der Waals surface area contributed by atoms with Crippen molar-refractivity contribution < 1.29 is 4.74 Å². The van der Waals surface area contributed by atoms with Crippen molar-refractivity contribution in [1.82, 2.24) is 19.7 Å². The number of nitrogens with zero attached hydrogens (tertiary/aromatic N) is 4. The van der Waals surface area contributed by atoms with Crippen LogP contribution in [-0.2, 0) is 0 Å². The summed E-state index contributed by atoms with van der Waals surface area (Å²) in [4.78, 5) is 2.62. The maximum atomic E-state index is 5.50. The van der Waals surface area contributed by atoms with Gasteiger partial charge in [0.2, 0.25) is 0 Å². The van der Waals surface area contributed by atoms with E-state index in [1.807, 2.05) is 32.9 Å². The Balaban J connectivity index is 0.00000121. The van der Waals surface area contributed by atoms with Crippen molar-refractivity contribution in [1.29, 1.82) is 5.41 Å². The third-order valence-electron chi connectivity index (χ3n) is 5.81. The van der Waals surface area contributed by atoms with E-state index in [-0.39, 0.29) is 0 Å². The Morgan fingerprint density at radius 3 is 2.53 bits per heavy atom. The van der Waals surface area contributed by atoms with E-state index in [0.29, 0.717) is 5.92 Å². The van der Waals surface area contributed by atoms with E-state index in [9.17, 15) is 0 Å². The molecule has 0 amide bonds. The number of likely N-dealkylation sites (tertiary alicyclic amines) is 1. The van der Waals surface area contributed by atoms with Crippen molar-refractivity contribution in [3.05, 3.63) is 48.1 Å². The lowest BCUT2D eigenvalue weighted by Crippen LogP contribution is -2.26. The van der Waals surface area contributed by atoms with Gasteiger partial charge >= 0.3 is 0 Å². The molecule has 0 aliphatic carbocycles. The molecule has 6 nitrogen and oxygen atoms in total. The maximum Gasteiger partial charge on any atom is 0.140 e. The molecule has 0 saturated carbocycles. The number of allylic oxidation sites excluding steroid dienone is 1. The number of aromatic nitrogens is 3. The van der Waals surface area contributed by atoms with Gasteiger partial charge in [0.15, 0.2) is 0 Å². The molecule has 32 heavy (non-hydrogen) atoms. The topological polar surface area (TPSA) is 67.0 Å². The normalized spacial score (nSPS) is 16.1. The van der Waals surface area contributed by atoms with Crippen molar-refractivity contribution >= 4 is 6.72 Å². The first kappa shape index (κ1) is 27.6. The summed E-state index contributed by atoms with van der Waals surface area (Å²) in [5, 5.41) is 14.5. The number of hydrogen-bond acceptors (Lipinski definition) is 5. The average molecular weight is 442 g/mol. The van der Waals surface area contributed by atoms with Gasteiger partial charge < -0.3 is 15.0 Å². The fraction of sp³-hybridized carbons (Fsp3) is 0.577. The third kappa shape index (κ3) is 7.59. The van der Waals surface area contributed by atoms with Crippen LogP contribution in [0.25, 0.3) is 5.69 Å². The van der Waals surface area contributed by atoms with E-state index in [2.05, 4.69) is 52.0 Å². The lowest BCUT2D eigenvalue weighted by Gasteiger charge is -2.20. The molecule has 0 spiro atoms. The van der Waals surface area contributed by atoms with Gasteiger partial charge in [-0.2, -0.15) is 0 Å².